The minimum absolute atomic E-state index is 0.447. The fourth-order valence-electron chi connectivity index (χ4n) is 4.23. The summed E-state index contributed by atoms with van der Waals surface area (Å²) in [7, 11) is 3.52. The number of hydrogen-bond acceptors (Lipinski definition) is 4. The van der Waals surface area contributed by atoms with E-state index in [1.807, 2.05) is 6.07 Å². The molecule has 4 heteroatoms. The Morgan fingerprint density at radius 3 is 2.43 bits per heavy atom. The van der Waals surface area contributed by atoms with Gasteiger partial charge in [-0.05, 0) is 37.0 Å². The molecule has 1 aromatic rings. The quantitative estimate of drug-likeness (QED) is 0.904. The van der Waals surface area contributed by atoms with Crippen LogP contribution in [0.2, 0.25) is 0 Å². The highest BCUT2D eigenvalue weighted by atomic mass is 16.5. The smallest absolute Gasteiger partial charge is 0.123 e. The SMILES string of the molecule is COc1ccc(OC)c([C@H](C2CCCCC2)N2CCNCC2)c1. The van der Waals surface area contributed by atoms with Crippen molar-refractivity contribution in [3.05, 3.63) is 23.8 Å². The Balaban J connectivity index is 1.95. The van der Waals surface area contributed by atoms with Crippen LogP contribution in [0, 0.1) is 5.92 Å². The van der Waals surface area contributed by atoms with Crippen molar-refractivity contribution >= 4 is 0 Å². The van der Waals surface area contributed by atoms with E-state index in [4.69, 9.17) is 9.47 Å². The molecule has 0 unspecified atom stereocenters. The van der Waals surface area contributed by atoms with Crippen LogP contribution in [0.4, 0.5) is 0 Å². The van der Waals surface area contributed by atoms with Gasteiger partial charge in [0.1, 0.15) is 11.5 Å². The molecule has 128 valence electrons. The van der Waals surface area contributed by atoms with Crippen molar-refractivity contribution in [2.24, 2.45) is 5.92 Å². The number of hydrogen-bond donors (Lipinski definition) is 1. The van der Waals surface area contributed by atoms with Gasteiger partial charge in [0.25, 0.3) is 0 Å². The number of nitrogens with zero attached hydrogens (tertiary/aromatic N) is 1. The zero-order valence-electron chi connectivity index (χ0n) is 14.5. The second-order valence-electron chi connectivity index (χ2n) is 6.74. The first-order chi connectivity index (χ1) is 11.3. The van der Waals surface area contributed by atoms with Gasteiger partial charge in [-0.15, -0.1) is 0 Å². The van der Waals surface area contributed by atoms with Crippen LogP contribution in [0.3, 0.4) is 0 Å². The first-order valence-corrected chi connectivity index (χ1v) is 9.00. The molecular weight excluding hydrogens is 288 g/mol. The van der Waals surface area contributed by atoms with Crippen molar-refractivity contribution < 1.29 is 9.47 Å². The summed E-state index contributed by atoms with van der Waals surface area (Å²) in [5.41, 5.74) is 1.31. The van der Waals surface area contributed by atoms with Gasteiger partial charge in [0.05, 0.1) is 14.2 Å². The summed E-state index contributed by atoms with van der Waals surface area (Å²) in [6.45, 7) is 4.38. The third kappa shape index (κ3) is 3.81. The van der Waals surface area contributed by atoms with Gasteiger partial charge < -0.3 is 14.8 Å². The van der Waals surface area contributed by atoms with Crippen LogP contribution in [-0.4, -0.2) is 45.3 Å². The summed E-state index contributed by atoms with van der Waals surface area (Å²) < 4.78 is 11.2. The summed E-state index contributed by atoms with van der Waals surface area (Å²) >= 11 is 0. The average molecular weight is 318 g/mol. The molecule has 3 rings (SSSR count). The maximum Gasteiger partial charge on any atom is 0.123 e. The molecule has 0 amide bonds. The second-order valence-corrected chi connectivity index (χ2v) is 6.74. The molecule has 1 saturated heterocycles. The van der Waals surface area contributed by atoms with E-state index in [1.54, 1.807) is 14.2 Å². The van der Waals surface area contributed by atoms with Crippen LogP contribution in [0.15, 0.2) is 18.2 Å². The van der Waals surface area contributed by atoms with Gasteiger partial charge in [-0.1, -0.05) is 19.3 Å². The lowest BCUT2D eigenvalue weighted by molar-refractivity contribution is 0.101. The van der Waals surface area contributed by atoms with Gasteiger partial charge >= 0.3 is 0 Å². The molecule has 0 aromatic heterocycles. The van der Waals surface area contributed by atoms with Crippen LogP contribution in [0.25, 0.3) is 0 Å². The van der Waals surface area contributed by atoms with Crippen molar-refractivity contribution in [1.29, 1.82) is 0 Å². The van der Waals surface area contributed by atoms with E-state index in [1.165, 1.54) is 37.7 Å². The third-order valence-electron chi connectivity index (χ3n) is 5.40. The zero-order valence-corrected chi connectivity index (χ0v) is 14.5. The van der Waals surface area contributed by atoms with Crippen LogP contribution in [0.1, 0.15) is 43.7 Å². The van der Waals surface area contributed by atoms with E-state index in [-0.39, 0.29) is 0 Å². The van der Waals surface area contributed by atoms with Crippen molar-refractivity contribution in [2.45, 2.75) is 38.1 Å². The minimum Gasteiger partial charge on any atom is -0.497 e. The van der Waals surface area contributed by atoms with Crippen LogP contribution < -0.4 is 14.8 Å². The molecule has 1 saturated carbocycles. The number of nitrogens with one attached hydrogen (secondary N) is 1. The topological polar surface area (TPSA) is 33.7 Å². The summed E-state index contributed by atoms with van der Waals surface area (Å²) in [4.78, 5) is 2.66. The Hall–Kier alpha value is -1.26. The van der Waals surface area contributed by atoms with Crippen LogP contribution in [0.5, 0.6) is 11.5 Å². The Labute approximate surface area is 140 Å². The van der Waals surface area contributed by atoms with Gasteiger partial charge in [-0.3, -0.25) is 4.90 Å². The summed E-state index contributed by atoms with van der Waals surface area (Å²) in [6, 6.07) is 6.70. The number of ether oxygens (including phenoxy) is 2. The van der Waals surface area contributed by atoms with Crippen LogP contribution in [-0.2, 0) is 0 Å². The monoisotopic (exact) mass is 318 g/mol. The van der Waals surface area contributed by atoms with E-state index in [0.29, 0.717) is 6.04 Å². The first-order valence-electron chi connectivity index (χ1n) is 9.00. The van der Waals surface area contributed by atoms with Crippen molar-refractivity contribution in [3.63, 3.8) is 0 Å². The molecule has 1 aliphatic carbocycles. The fraction of sp³-hybridized carbons (Fsp3) is 0.684. The van der Waals surface area contributed by atoms with Gasteiger partial charge in [0.15, 0.2) is 0 Å². The molecule has 2 fully saturated rings. The Morgan fingerprint density at radius 1 is 1.04 bits per heavy atom. The molecular formula is C19H30N2O2. The zero-order chi connectivity index (χ0) is 16.1. The molecule has 1 aromatic carbocycles. The summed E-state index contributed by atoms with van der Waals surface area (Å²) in [6.07, 6.45) is 6.77. The van der Waals surface area contributed by atoms with Gasteiger partial charge in [-0.2, -0.15) is 0 Å². The highest BCUT2D eigenvalue weighted by molar-refractivity contribution is 5.42. The predicted molar refractivity (Wildman–Crippen MR) is 93.3 cm³/mol. The molecule has 0 radical (unpaired) electrons. The van der Waals surface area contributed by atoms with E-state index in [2.05, 4.69) is 22.3 Å². The Kier molecular flexibility index (Phi) is 5.79. The van der Waals surface area contributed by atoms with Gasteiger partial charge in [-0.25, -0.2) is 0 Å². The molecule has 1 N–H and O–H groups in total. The Bertz CT molecular complexity index is 476. The molecule has 1 atom stereocenters. The Morgan fingerprint density at radius 2 is 1.78 bits per heavy atom. The standard InChI is InChI=1S/C19H30N2O2/c1-22-16-8-9-18(23-2)17(14-16)19(15-6-4-3-5-7-15)21-12-10-20-11-13-21/h8-9,14-15,19-20H,3-7,10-13H2,1-2H3/t19-/m0/s1. The summed E-state index contributed by atoms with van der Waals surface area (Å²) in [5, 5.41) is 3.48. The second kappa shape index (κ2) is 8.02. The molecule has 23 heavy (non-hydrogen) atoms. The number of rotatable bonds is 5. The third-order valence-corrected chi connectivity index (χ3v) is 5.40. The highest BCUT2D eigenvalue weighted by Crippen LogP contribution is 2.42. The number of methoxy groups -OCH3 is 2. The molecule has 1 heterocycles. The minimum atomic E-state index is 0.447. The maximum atomic E-state index is 5.71. The van der Waals surface area contributed by atoms with Gasteiger partial charge in [0.2, 0.25) is 0 Å². The molecule has 1 aliphatic heterocycles. The van der Waals surface area contributed by atoms with Crippen molar-refractivity contribution in [3.8, 4) is 11.5 Å². The maximum absolute atomic E-state index is 5.71. The molecule has 2 aliphatic rings. The van der Waals surface area contributed by atoms with E-state index >= 15 is 0 Å². The van der Waals surface area contributed by atoms with Crippen LogP contribution >= 0.6 is 0 Å². The number of piperazine rings is 1. The lowest BCUT2D eigenvalue weighted by atomic mass is 9.79. The largest absolute Gasteiger partial charge is 0.497 e. The number of benzene rings is 1. The first kappa shape index (κ1) is 16.6. The lowest BCUT2D eigenvalue weighted by Crippen LogP contribution is -2.47. The van der Waals surface area contributed by atoms with E-state index in [0.717, 1.165) is 43.6 Å². The molecule has 4 nitrogen and oxygen atoms in total. The van der Waals surface area contributed by atoms with Crippen molar-refractivity contribution in [1.82, 2.24) is 10.2 Å². The molecule has 0 bridgehead atoms. The average Bonchev–Trinajstić information content (AvgIpc) is 2.63. The normalized spacial score (nSPS) is 21.8. The highest BCUT2D eigenvalue weighted by Gasteiger charge is 2.33. The predicted octanol–water partition coefficient (Wildman–Crippen LogP) is 3.23. The van der Waals surface area contributed by atoms with Crippen molar-refractivity contribution in [2.75, 3.05) is 40.4 Å². The van der Waals surface area contributed by atoms with E-state index in [9.17, 15) is 0 Å². The van der Waals surface area contributed by atoms with Gasteiger partial charge in [0, 0.05) is 37.8 Å². The van der Waals surface area contributed by atoms with E-state index < -0.39 is 0 Å². The summed E-state index contributed by atoms with van der Waals surface area (Å²) in [5.74, 6) is 2.65. The fourth-order valence-corrected chi connectivity index (χ4v) is 4.23. The lowest BCUT2D eigenvalue weighted by Gasteiger charge is -2.41. The molecule has 0 spiro atoms.